The molecule has 2 aliphatic rings. The lowest BCUT2D eigenvalue weighted by molar-refractivity contribution is -0.133. The van der Waals surface area contributed by atoms with Crippen LogP contribution >= 0.6 is 0 Å². The van der Waals surface area contributed by atoms with Gasteiger partial charge in [0.25, 0.3) is 0 Å². The number of piperidine rings is 1. The minimum Gasteiger partial charge on any atom is -0.341 e. The minimum atomic E-state index is 0.1000. The zero-order chi connectivity index (χ0) is 18.1. The number of anilines is 1. The van der Waals surface area contributed by atoms with Crippen molar-refractivity contribution in [3.8, 4) is 0 Å². The van der Waals surface area contributed by atoms with Gasteiger partial charge in [-0.25, -0.2) is 9.97 Å². The van der Waals surface area contributed by atoms with Gasteiger partial charge in [-0.2, -0.15) is 0 Å². The molecule has 0 radical (unpaired) electrons. The van der Waals surface area contributed by atoms with Crippen LogP contribution in [0.5, 0.6) is 0 Å². The fraction of sp³-hybridized carbons (Fsp3) is 0.667. The average Bonchev–Trinajstić information content (AvgIpc) is 2.58. The Balaban J connectivity index is 1.83. The van der Waals surface area contributed by atoms with Crippen LogP contribution in [0.25, 0.3) is 0 Å². The predicted molar refractivity (Wildman–Crippen MR) is 95.6 cm³/mol. The molecule has 7 nitrogen and oxygen atoms in total. The lowest BCUT2D eigenvalue weighted by Gasteiger charge is -2.34. The van der Waals surface area contributed by atoms with Crippen LogP contribution in [-0.2, 0) is 16.0 Å². The number of aryl methyl sites for hydroxylation is 1. The molecule has 0 aliphatic carbocycles. The van der Waals surface area contributed by atoms with E-state index in [9.17, 15) is 9.59 Å². The van der Waals surface area contributed by atoms with E-state index in [4.69, 9.17) is 9.97 Å². The number of hydrogen-bond acceptors (Lipinski definition) is 5. The molecule has 1 saturated heterocycles. The maximum atomic E-state index is 12.4. The van der Waals surface area contributed by atoms with Crippen molar-refractivity contribution in [2.24, 2.45) is 0 Å². The van der Waals surface area contributed by atoms with Crippen molar-refractivity contribution in [3.05, 3.63) is 17.1 Å². The summed E-state index contributed by atoms with van der Waals surface area (Å²) >= 11 is 0. The fourth-order valence-corrected chi connectivity index (χ4v) is 3.66. The Kier molecular flexibility index (Phi) is 5.03. The summed E-state index contributed by atoms with van der Waals surface area (Å²) in [5.41, 5.74) is 2.03. The van der Waals surface area contributed by atoms with Crippen LogP contribution in [0.3, 0.4) is 0 Å². The van der Waals surface area contributed by atoms with E-state index in [-0.39, 0.29) is 17.7 Å². The summed E-state index contributed by atoms with van der Waals surface area (Å²) in [7, 11) is 5.59. The molecule has 1 atom stereocenters. The third kappa shape index (κ3) is 3.66. The van der Waals surface area contributed by atoms with Gasteiger partial charge in [-0.3, -0.25) is 14.5 Å². The maximum Gasteiger partial charge on any atom is 0.236 e. The molecule has 1 fully saturated rings. The van der Waals surface area contributed by atoms with Crippen molar-refractivity contribution >= 4 is 17.6 Å². The molecule has 3 rings (SSSR count). The van der Waals surface area contributed by atoms with Crippen LogP contribution in [0.1, 0.15) is 42.3 Å². The summed E-state index contributed by atoms with van der Waals surface area (Å²) in [5.74, 6) is 1.89. The average molecular weight is 345 g/mol. The zero-order valence-electron chi connectivity index (χ0n) is 15.6. The summed E-state index contributed by atoms with van der Waals surface area (Å²) in [6.07, 6.45) is 3.16. The van der Waals surface area contributed by atoms with Crippen molar-refractivity contribution in [2.75, 3.05) is 45.7 Å². The van der Waals surface area contributed by atoms with Gasteiger partial charge in [0.2, 0.25) is 11.8 Å². The minimum absolute atomic E-state index is 0.1000. The van der Waals surface area contributed by atoms with Crippen LogP contribution in [0.4, 0.5) is 5.82 Å². The summed E-state index contributed by atoms with van der Waals surface area (Å²) in [6.45, 7) is 3.87. The molecule has 25 heavy (non-hydrogen) atoms. The summed E-state index contributed by atoms with van der Waals surface area (Å²) in [6, 6.07) is 0. The number of likely N-dealkylation sites (N-methyl/N-ethyl adjacent to an activating group) is 1. The van der Waals surface area contributed by atoms with Gasteiger partial charge in [-0.1, -0.05) is 0 Å². The van der Waals surface area contributed by atoms with E-state index in [2.05, 4.69) is 0 Å². The molecule has 7 heteroatoms. The first-order valence-electron chi connectivity index (χ1n) is 8.93. The molecule has 2 amide bonds. The number of hydrogen-bond donors (Lipinski definition) is 0. The second-order valence-corrected chi connectivity index (χ2v) is 7.34. The van der Waals surface area contributed by atoms with Crippen molar-refractivity contribution in [1.82, 2.24) is 19.8 Å². The van der Waals surface area contributed by atoms with Crippen molar-refractivity contribution in [1.29, 1.82) is 0 Å². The second kappa shape index (κ2) is 7.07. The Morgan fingerprint density at radius 3 is 2.76 bits per heavy atom. The van der Waals surface area contributed by atoms with E-state index >= 15 is 0 Å². The highest BCUT2D eigenvalue weighted by molar-refractivity contribution is 5.94. The topological polar surface area (TPSA) is 69.6 Å². The monoisotopic (exact) mass is 345 g/mol. The van der Waals surface area contributed by atoms with Gasteiger partial charge in [0.05, 0.1) is 6.54 Å². The zero-order valence-corrected chi connectivity index (χ0v) is 15.6. The smallest absolute Gasteiger partial charge is 0.236 e. The summed E-state index contributed by atoms with van der Waals surface area (Å²) in [4.78, 5) is 39.3. The highest BCUT2D eigenvalue weighted by atomic mass is 16.2. The third-order valence-corrected chi connectivity index (χ3v) is 5.08. The van der Waals surface area contributed by atoms with Gasteiger partial charge in [0.15, 0.2) is 0 Å². The Bertz CT molecular complexity index is 688. The van der Waals surface area contributed by atoms with E-state index in [0.717, 1.165) is 42.3 Å². The summed E-state index contributed by atoms with van der Waals surface area (Å²) < 4.78 is 0. The van der Waals surface area contributed by atoms with Gasteiger partial charge in [0, 0.05) is 43.7 Å². The quantitative estimate of drug-likeness (QED) is 0.816. The lowest BCUT2D eigenvalue weighted by Crippen LogP contribution is -2.43. The molecule has 0 spiro atoms. The second-order valence-electron chi connectivity index (χ2n) is 7.34. The highest BCUT2D eigenvalue weighted by Crippen LogP contribution is 2.31. The first-order valence-corrected chi connectivity index (χ1v) is 8.93. The van der Waals surface area contributed by atoms with Crippen molar-refractivity contribution in [3.63, 3.8) is 0 Å². The fourth-order valence-electron chi connectivity index (χ4n) is 3.66. The van der Waals surface area contributed by atoms with Crippen molar-refractivity contribution in [2.45, 2.75) is 38.5 Å². The van der Waals surface area contributed by atoms with Gasteiger partial charge in [-0.05, 0) is 40.3 Å². The number of nitrogens with zero attached hydrogens (tertiary/aromatic N) is 5. The number of aromatic nitrogens is 2. The summed E-state index contributed by atoms with van der Waals surface area (Å²) in [5, 5.41) is 0. The Morgan fingerprint density at radius 1 is 1.28 bits per heavy atom. The molecule has 136 valence electrons. The standard InChI is InChI=1S/C18H27N5O2/c1-12-14-7-8-15(24)22(4)18(14)20-17(19-12)13-6-5-9-23(10-13)16(25)11-21(2)3/h13H,5-11H2,1-4H3. The molecule has 1 aromatic heterocycles. The molecular weight excluding hydrogens is 318 g/mol. The largest absolute Gasteiger partial charge is 0.341 e. The first-order chi connectivity index (χ1) is 11.9. The number of amides is 2. The SMILES string of the molecule is Cc1nc(C2CCCN(C(=O)CN(C)C)C2)nc2c1CCC(=O)N2C. The maximum absolute atomic E-state index is 12.4. The van der Waals surface area contributed by atoms with Crippen LogP contribution in [-0.4, -0.2) is 72.4 Å². The number of likely N-dealkylation sites (tertiary alicyclic amines) is 1. The molecular formula is C18H27N5O2. The Labute approximate surface area is 149 Å². The first kappa shape index (κ1) is 17.8. The van der Waals surface area contributed by atoms with E-state index in [1.54, 1.807) is 11.9 Å². The molecule has 1 aromatic rings. The predicted octanol–water partition coefficient (Wildman–Crippen LogP) is 0.962. The van der Waals surface area contributed by atoms with Crippen molar-refractivity contribution < 1.29 is 9.59 Å². The van der Waals surface area contributed by atoms with Crippen LogP contribution in [0, 0.1) is 6.92 Å². The van der Waals surface area contributed by atoms with Crippen LogP contribution in [0.15, 0.2) is 0 Å². The molecule has 0 aromatic carbocycles. The van der Waals surface area contributed by atoms with E-state index in [0.29, 0.717) is 25.9 Å². The molecule has 3 heterocycles. The molecule has 0 saturated carbocycles. The van der Waals surface area contributed by atoms with Crippen LogP contribution < -0.4 is 4.90 Å². The van der Waals surface area contributed by atoms with Gasteiger partial charge in [0.1, 0.15) is 11.6 Å². The van der Waals surface area contributed by atoms with Gasteiger partial charge in [-0.15, -0.1) is 0 Å². The van der Waals surface area contributed by atoms with E-state index < -0.39 is 0 Å². The number of rotatable bonds is 3. The number of carbonyl (C=O) groups is 2. The number of carbonyl (C=O) groups excluding carboxylic acids is 2. The van der Waals surface area contributed by atoms with Crippen LogP contribution in [0.2, 0.25) is 0 Å². The van der Waals surface area contributed by atoms with E-state index in [1.165, 1.54) is 0 Å². The normalized spacial score (nSPS) is 20.8. The molecule has 2 aliphatic heterocycles. The molecule has 0 N–H and O–H groups in total. The van der Waals surface area contributed by atoms with Gasteiger partial charge >= 0.3 is 0 Å². The third-order valence-electron chi connectivity index (χ3n) is 5.08. The molecule has 1 unspecified atom stereocenters. The molecule has 0 bridgehead atoms. The lowest BCUT2D eigenvalue weighted by atomic mass is 9.96. The van der Waals surface area contributed by atoms with E-state index in [1.807, 2.05) is 30.8 Å². The Hall–Kier alpha value is -2.02. The van der Waals surface area contributed by atoms with Gasteiger partial charge < -0.3 is 9.80 Å². The number of fused-ring (bicyclic) bond motifs is 1. The highest BCUT2D eigenvalue weighted by Gasteiger charge is 2.30. The Morgan fingerprint density at radius 2 is 2.04 bits per heavy atom.